The summed E-state index contributed by atoms with van der Waals surface area (Å²) in [6, 6.07) is 4.23. The van der Waals surface area contributed by atoms with Crippen LogP contribution in [0.3, 0.4) is 0 Å². The van der Waals surface area contributed by atoms with Gasteiger partial charge in [0.2, 0.25) is 0 Å². The van der Waals surface area contributed by atoms with Crippen LogP contribution in [0.4, 0.5) is 4.39 Å². The molecule has 20 heavy (non-hydrogen) atoms. The summed E-state index contributed by atoms with van der Waals surface area (Å²) < 4.78 is 14.9. The van der Waals surface area contributed by atoms with Crippen LogP contribution in [0.1, 0.15) is 12.8 Å². The molecular formula is C12H10ClFN4O2. The van der Waals surface area contributed by atoms with E-state index in [2.05, 4.69) is 15.5 Å². The van der Waals surface area contributed by atoms with E-state index in [9.17, 15) is 14.3 Å². The summed E-state index contributed by atoms with van der Waals surface area (Å²) in [4.78, 5) is 11.2. The predicted molar refractivity (Wildman–Crippen MR) is 67.5 cm³/mol. The fraction of sp³-hybridized carbons (Fsp3) is 0.333. The number of tetrazole rings is 1. The lowest BCUT2D eigenvalue weighted by atomic mass is 10.1. The molecule has 1 N–H and O–H groups in total. The Morgan fingerprint density at radius 3 is 2.85 bits per heavy atom. The second kappa shape index (κ2) is 4.52. The fourth-order valence-corrected chi connectivity index (χ4v) is 2.15. The maximum absolute atomic E-state index is 13.5. The van der Waals surface area contributed by atoms with Gasteiger partial charge in [0.15, 0.2) is 5.82 Å². The van der Waals surface area contributed by atoms with E-state index in [1.807, 2.05) is 0 Å². The first-order chi connectivity index (χ1) is 9.52. The highest BCUT2D eigenvalue weighted by atomic mass is 35.5. The highest BCUT2D eigenvalue weighted by Gasteiger charge is 2.51. The molecule has 6 nitrogen and oxygen atoms in total. The van der Waals surface area contributed by atoms with Crippen molar-refractivity contribution in [1.29, 1.82) is 0 Å². The van der Waals surface area contributed by atoms with Gasteiger partial charge in [-0.3, -0.25) is 4.79 Å². The van der Waals surface area contributed by atoms with E-state index in [-0.39, 0.29) is 11.6 Å². The van der Waals surface area contributed by atoms with Crippen molar-refractivity contribution in [2.24, 2.45) is 5.41 Å². The second-order valence-electron chi connectivity index (χ2n) is 4.87. The lowest BCUT2D eigenvalue weighted by Crippen LogP contribution is -2.22. The average molecular weight is 297 g/mol. The second-order valence-corrected chi connectivity index (χ2v) is 5.28. The summed E-state index contributed by atoms with van der Waals surface area (Å²) >= 11 is 5.63. The van der Waals surface area contributed by atoms with Crippen molar-refractivity contribution in [3.8, 4) is 11.4 Å². The number of carbonyl (C=O) groups is 1. The average Bonchev–Trinajstić information content (AvgIpc) is 3.05. The van der Waals surface area contributed by atoms with Crippen LogP contribution in [0.15, 0.2) is 18.2 Å². The molecular weight excluding hydrogens is 287 g/mol. The molecule has 0 atom stereocenters. The first kappa shape index (κ1) is 13.0. The summed E-state index contributed by atoms with van der Waals surface area (Å²) in [5.74, 6) is -1.10. The van der Waals surface area contributed by atoms with E-state index in [1.54, 1.807) is 6.07 Å². The van der Waals surface area contributed by atoms with Crippen LogP contribution < -0.4 is 0 Å². The molecule has 0 bridgehead atoms. The van der Waals surface area contributed by atoms with Gasteiger partial charge in [0.25, 0.3) is 0 Å². The minimum Gasteiger partial charge on any atom is -0.481 e. The number of carboxylic acid groups (broad SMARTS) is 1. The topological polar surface area (TPSA) is 80.9 Å². The summed E-state index contributed by atoms with van der Waals surface area (Å²) in [7, 11) is 0. The van der Waals surface area contributed by atoms with Crippen LogP contribution in [-0.4, -0.2) is 31.3 Å². The van der Waals surface area contributed by atoms with Gasteiger partial charge in [-0.25, -0.2) is 9.07 Å². The summed E-state index contributed by atoms with van der Waals surface area (Å²) in [6.45, 7) is 0.176. The van der Waals surface area contributed by atoms with Crippen LogP contribution in [0, 0.1) is 11.2 Å². The van der Waals surface area contributed by atoms with Gasteiger partial charge in [-0.15, -0.1) is 5.10 Å². The number of aliphatic carboxylic acids is 1. The van der Waals surface area contributed by atoms with Crippen molar-refractivity contribution in [2.45, 2.75) is 19.4 Å². The van der Waals surface area contributed by atoms with Crippen molar-refractivity contribution in [3.63, 3.8) is 0 Å². The lowest BCUT2D eigenvalue weighted by Gasteiger charge is -2.10. The van der Waals surface area contributed by atoms with Crippen molar-refractivity contribution in [3.05, 3.63) is 29.0 Å². The number of hydrogen-bond donors (Lipinski definition) is 1. The molecule has 0 aliphatic heterocycles. The minimum atomic E-state index is -0.860. The Balaban J connectivity index is 1.94. The summed E-state index contributed by atoms with van der Waals surface area (Å²) in [5.41, 5.74) is -0.340. The van der Waals surface area contributed by atoms with E-state index < -0.39 is 17.2 Å². The highest BCUT2D eigenvalue weighted by Crippen LogP contribution is 2.47. The molecule has 1 aromatic heterocycles. The third-order valence-corrected chi connectivity index (χ3v) is 3.78. The van der Waals surface area contributed by atoms with E-state index in [4.69, 9.17) is 11.6 Å². The van der Waals surface area contributed by atoms with E-state index in [0.29, 0.717) is 24.2 Å². The van der Waals surface area contributed by atoms with Gasteiger partial charge in [0.05, 0.1) is 17.0 Å². The molecule has 1 aliphatic rings. The Bertz CT molecular complexity index is 684. The molecule has 1 aromatic carbocycles. The van der Waals surface area contributed by atoms with Crippen molar-refractivity contribution in [1.82, 2.24) is 20.2 Å². The molecule has 0 unspecified atom stereocenters. The van der Waals surface area contributed by atoms with E-state index >= 15 is 0 Å². The minimum absolute atomic E-state index is 0.0111. The molecule has 1 saturated carbocycles. The number of aromatic nitrogens is 4. The number of benzene rings is 1. The van der Waals surface area contributed by atoms with Gasteiger partial charge >= 0.3 is 5.97 Å². The Hall–Kier alpha value is -2.02. The fourth-order valence-electron chi connectivity index (χ4n) is 2.03. The van der Waals surface area contributed by atoms with Crippen LogP contribution in [-0.2, 0) is 11.3 Å². The Kier molecular flexibility index (Phi) is 2.93. The number of rotatable bonds is 4. The first-order valence-corrected chi connectivity index (χ1v) is 6.35. The third-order valence-electron chi connectivity index (χ3n) is 3.47. The lowest BCUT2D eigenvalue weighted by molar-refractivity contribution is -0.144. The number of hydrogen-bond acceptors (Lipinski definition) is 4. The monoisotopic (exact) mass is 296 g/mol. The molecule has 1 aliphatic carbocycles. The molecule has 0 radical (unpaired) electrons. The molecule has 8 heteroatoms. The number of carboxylic acids is 1. The third kappa shape index (κ3) is 2.14. The van der Waals surface area contributed by atoms with Crippen LogP contribution in [0.2, 0.25) is 5.02 Å². The van der Waals surface area contributed by atoms with E-state index in [0.717, 1.165) is 0 Å². The Morgan fingerprint density at radius 2 is 2.25 bits per heavy atom. The predicted octanol–water partition coefficient (Wildman–Crippen LogP) is 2.00. The number of halogens is 2. The largest absolute Gasteiger partial charge is 0.481 e. The molecule has 3 rings (SSSR count). The first-order valence-electron chi connectivity index (χ1n) is 5.97. The van der Waals surface area contributed by atoms with Gasteiger partial charge in [0, 0.05) is 5.56 Å². The Labute approximate surface area is 118 Å². The van der Waals surface area contributed by atoms with Crippen molar-refractivity contribution >= 4 is 17.6 Å². The maximum atomic E-state index is 13.5. The number of nitrogens with zero attached hydrogens (tertiary/aromatic N) is 4. The van der Waals surface area contributed by atoms with Gasteiger partial charge < -0.3 is 5.11 Å². The van der Waals surface area contributed by atoms with Gasteiger partial charge in [0.1, 0.15) is 5.82 Å². The highest BCUT2D eigenvalue weighted by molar-refractivity contribution is 6.30. The smallest absolute Gasteiger partial charge is 0.311 e. The van der Waals surface area contributed by atoms with Crippen molar-refractivity contribution < 1.29 is 14.3 Å². The summed E-state index contributed by atoms with van der Waals surface area (Å²) in [6.07, 6.45) is 1.19. The SMILES string of the molecule is O=C(O)C1(Cn2nnnc2-c2ccc(Cl)c(F)c2)CC1. The molecule has 1 fully saturated rings. The quantitative estimate of drug-likeness (QED) is 0.933. The Morgan fingerprint density at radius 1 is 1.50 bits per heavy atom. The zero-order valence-corrected chi connectivity index (χ0v) is 11.0. The van der Waals surface area contributed by atoms with Crippen LogP contribution in [0.25, 0.3) is 11.4 Å². The standard InChI is InChI=1S/C12H10ClFN4O2/c13-8-2-1-7(5-9(8)14)10-15-16-17-18(10)6-12(3-4-12)11(19)20/h1-2,5H,3-4,6H2,(H,19,20). The van der Waals surface area contributed by atoms with Crippen LogP contribution >= 0.6 is 11.6 Å². The normalized spacial score (nSPS) is 16.1. The van der Waals surface area contributed by atoms with Crippen LogP contribution in [0.5, 0.6) is 0 Å². The molecule has 104 valence electrons. The molecule has 1 heterocycles. The molecule has 2 aromatic rings. The zero-order chi connectivity index (χ0) is 14.3. The zero-order valence-electron chi connectivity index (χ0n) is 10.3. The maximum Gasteiger partial charge on any atom is 0.311 e. The molecule has 0 amide bonds. The van der Waals surface area contributed by atoms with Gasteiger partial charge in [-0.2, -0.15) is 0 Å². The molecule has 0 spiro atoms. The van der Waals surface area contributed by atoms with Crippen molar-refractivity contribution in [2.75, 3.05) is 0 Å². The summed E-state index contributed by atoms with van der Waals surface area (Å²) in [5, 5.41) is 20.3. The van der Waals surface area contributed by atoms with Gasteiger partial charge in [-0.1, -0.05) is 11.6 Å². The van der Waals surface area contributed by atoms with E-state index in [1.165, 1.54) is 16.8 Å². The molecule has 0 saturated heterocycles. The van der Waals surface area contributed by atoms with Gasteiger partial charge in [-0.05, 0) is 41.5 Å².